The van der Waals surface area contributed by atoms with Crippen molar-refractivity contribution in [3.05, 3.63) is 71.3 Å². The van der Waals surface area contributed by atoms with E-state index in [1.54, 1.807) is 0 Å². The minimum Gasteiger partial charge on any atom is -0.324 e. The second-order valence-corrected chi connectivity index (χ2v) is 4.72. The van der Waals surface area contributed by atoms with Gasteiger partial charge in [-0.05, 0) is 17.7 Å². The maximum atomic E-state index is 12.4. The largest absolute Gasteiger partial charge is 0.416 e. The van der Waals surface area contributed by atoms with Gasteiger partial charge in [0.1, 0.15) is 0 Å². The summed E-state index contributed by atoms with van der Waals surface area (Å²) in [4.78, 5) is 12.0. The number of rotatable bonds is 4. The van der Waals surface area contributed by atoms with Crippen molar-refractivity contribution < 1.29 is 18.0 Å². The second kappa shape index (κ2) is 6.10. The first-order valence-corrected chi connectivity index (χ1v) is 6.39. The number of nitrogens with two attached hydrogens (primary N) is 1. The van der Waals surface area contributed by atoms with Gasteiger partial charge in [-0.25, -0.2) is 0 Å². The third-order valence-electron chi connectivity index (χ3n) is 3.17. The maximum Gasteiger partial charge on any atom is 0.416 e. The van der Waals surface area contributed by atoms with Crippen LogP contribution < -0.4 is 5.73 Å². The van der Waals surface area contributed by atoms with Crippen LogP contribution in [0.4, 0.5) is 13.2 Å². The highest BCUT2D eigenvalue weighted by Gasteiger charge is 2.30. The number of hydrogen-bond donors (Lipinski definition) is 1. The van der Waals surface area contributed by atoms with Crippen LogP contribution in [0.15, 0.2) is 54.6 Å². The van der Waals surface area contributed by atoms with Crippen molar-refractivity contribution in [3.8, 4) is 0 Å². The molecule has 0 aromatic heterocycles. The van der Waals surface area contributed by atoms with E-state index < -0.39 is 17.8 Å². The van der Waals surface area contributed by atoms with Crippen LogP contribution in [-0.2, 0) is 6.18 Å². The molecule has 21 heavy (non-hydrogen) atoms. The fourth-order valence-electron chi connectivity index (χ4n) is 1.98. The Hall–Kier alpha value is -2.14. The van der Waals surface area contributed by atoms with Crippen LogP contribution in [0.25, 0.3) is 0 Å². The van der Waals surface area contributed by atoms with Crippen LogP contribution in [0.2, 0.25) is 0 Å². The first-order chi connectivity index (χ1) is 9.88. The second-order valence-electron chi connectivity index (χ2n) is 4.72. The van der Waals surface area contributed by atoms with Crippen molar-refractivity contribution in [1.82, 2.24) is 0 Å². The minimum absolute atomic E-state index is 0.0510. The number of halogens is 3. The molecular formula is C16H14F3NO. The summed E-state index contributed by atoms with van der Waals surface area (Å²) in [5.74, 6) is -0.278. The molecule has 2 nitrogen and oxygen atoms in total. The van der Waals surface area contributed by atoms with Gasteiger partial charge in [-0.2, -0.15) is 13.2 Å². The molecule has 2 N–H and O–H groups in total. The van der Waals surface area contributed by atoms with Gasteiger partial charge in [0, 0.05) is 18.0 Å². The summed E-state index contributed by atoms with van der Waals surface area (Å²) in [5.41, 5.74) is 6.21. The van der Waals surface area contributed by atoms with Crippen molar-refractivity contribution in [2.24, 2.45) is 5.73 Å². The van der Waals surface area contributed by atoms with Gasteiger partial charge in [0.2, 0.25) is 0 Å². The van der Waals surface area contributed by atoms with Gasteiger partial charge in [0.15, 0.2) is 5.78 Å². The van der Waals surface area contributed by atoms with Crippen LogP contribution in [0.3, 0.4) is 0 Å². The predicted molar refractivity (Wildman–Crippen MR) is 73.8 cm³/mol. The summed E-state index contributed by atoms with van der Waals surface area (Å²) < 4.78 is 37.3. The molecule has 0 amide bonds. The Morgan fingerprint density at radius 3 is 2.10 bits per heavy atom. The molecule has 0 spiro atoms. The molecule has 0 aliphatic heterocycles. The lowest BCUT2D eigenvalue weighted by Gasteiger charge is -2.12. The summed E-state index contributed by atoms with van der Waals surface area (Å²) in [6.07, 6.45) is -4.35. The lowest BCUT2D eigenvalue weighted by molar-refractivity contribution is -0.137. The highest BCUT2D eigenvalue weighted by molar-refractivity contribution is 5.96. The molecule has 0 fully saturated rings. The third-order valence-corrected chi connectivity index (χ3v) is 3.17. The lowest BCUT2D eigenvalue weighted by Crippen LogP contribution is -2.15. The van der Waals surface area contributed by atoms with Gasteiger partial charge >= 0.3 is 6.18 Å². The summed E-state index contributed by atoms with van der Waals surface area (Å²) in [6, 6.07) is 12.8. The Kier molecular flexibility index (Phi) is 4.43. The van der Waals surface area contributed by atoms with Gasteiger partial charge < -0.3 is 5.73 Å². The normalized spacial score (nSPS) is 13.0. The predicted octanol–water partition coefficient (Wildman–Crippen LogP) is 3.98. The van der Waals surface area contributed by atoms with Crippen LogP contribution in [0.5, 0.6) is 0 Å². The van der Waals surface area contributed by atoms with Gasteiger partial charge in [-0.3, -0.25) is 4.79 Å². The van der Waals surface area contributed by atoms with Crippen molar-refractivity contribution in [2.45, 2.75) is 18.6 Å². The average molecular weight is 293 g/mol. The molecule has 2 aromatic rings. The number of carbonyl (C=O) groups excluding carboxylic acids is 1. The zero-order valence-corrected chi connectivity index (χ0v) is 11.1. The SMILES string of the molecule is NC(CC(=O)c1ccc(C(F)(F)F)cc1)c1ccccc1. The standard InChI is InChI=1S/C16H14F3NO/c17-16(18,19)13-8-6-12(7-9-13)15(21)10-14(20)11-4-2-1-3-5-11/h1-9,14H,10,20H2. The Morgan fingerprint density at radius 1 is 1.00 bits per heavy atom. The van der Waals surface area contributed by atoms with E-state index in [2.05, 4.69) is 0 Å². The Morgan fingerprint density at radius 2 is 1.57 bits per heavy atom. The zero-order valence-electron chi connectivity index (χ0n) is 11.1. The van der Waals surface area contributed by atoms with Gasteiger partial charge in [0.05, 0.1) is 5.56 Å². The van der Waals surface area contributed by atoms with Crippen LogP contribution in [-0.4, -0.2) is 5.78 Å². The number of ketones is 1. The number of benzene rings is 2. The summed E-state index contributed by atoms with van der Waals surface area (Å²) in [7, 11) is 0. The molecule has 5 heteroatoms. The van der Waals surface area contributed by atoms with Crippen LogP contribution in [0, 0.1) is 0 Å². The summed E-state index contributed by atoms with van der Waals surface area (Å²) >= 11 is 0. The third kappa shape index (κ3) is 3.92. The number of alkyl halides is 3. The van der Waals surface area contributed by atoms with Crippen LogP contribution >= 0.6 is 0 Å². The Balaban J connectivity index is 2.07. The molecule has 0 saturated carbocycles. The Bertz CT molecular complexity index is 606. The van der Waals surface area contributed by atoms with Gasteiger partial charge in [0.25, 0.3) is 0 Å². The zero-order chi connectivity index (χ0) is 15.5. The van der Waals surface area contributed by atoms with E-state index in [9.17, 15) is 18.0 Å². The molecule has 0 aliphatic rings. The first-order valence-electron chi connectivity index (χ1n) is 6.39. The molecule has 0 aliphatic carbocycles. The van der Waals surface area contributed by atoms with Crippen molar-refractivity contribution >= 4 is 5.78 Å². The van der Waals surface area contributed by atoms with E-state index in [1.807, 2.05) is 30.3 Å². The monoisotopic (exact) mass is 293 g/mol. The summed E-state index contributed by atoms with van der Waals surface area (Å²) in [5, 5.41) is 0. The average Bonchev–Trinajstić information content (AvgIpc) is 2.47. The molecule has 0 bridgehead atoms. The molecule has 0 saturated heterocycles. The highest BCUT2D eigenvalue weighted by atomic mass is 19.4. The lowest BCUT2D eigenvalue weighted by atomic mass is 9.98. The fourth-order valence-corrected chi connectivity index (χ4v) is 1.98. The van der Waals surface area contributed by atoms with Crippen LogP contribution in [0.1, 0.15) is 33.9 Å². The molecule has 2 aromatic carbocycles. The molecule has 0 radical (unpaired) electrons. The van der Waals surface area contributed by atoms with E-state index in [0.717, 1.165) is 17.7 Å². The molecule has 1 atom stereocenters. The van der Waals surface area contributed by atoms with Gasteiger partial charge in [-0.15, -0.1) is 0 Å². The van der Waals surface area contributed by atoms with Crippen molar-refractivity contribution in [2.75, 3.05) is 0 Å². The molecule has 2 rings (SSSR count). The fraction of sp³-hybridized carbons (Fsp3) is 0.188. The Labute approximate surface area is 120 Å². The van der Waals surface area contributed by atoms with E-state index in [4.69, 9.17) is 5.73 Å². The number of hydrogen-bond acceptors (Lipinski definition) is 2. The van der Waals surface area contributed by atoms with Crippen molar-refractivity contribution in [1.29, 1.82) is 0 Å². The minimum atomic E-state index is -4.40. The van der Waals surface area contributed by atoms with E-state index in [0.29, 0.717) is 0 Å². The van der Waals surface area contributed by atoms with Gasteiger partial charge in [-0.1, -0.05) is 42.5 Å². The van der Waals surface area contributed by atoms with Crippen molar-refractivity contribution in [3.63, 3.8) is 0 Å². The molecule has 110 valence electrons. The number of Topliss-reactive ketones (excluding diaryl/α,β-unsaturated/α-hetero) is 1. The maximum absolute atomic E-state index is 12.4. The van der Waals surface area contributed by atoms with E-state index >= 15 is 0 Å². The number of carbonyl (C=O) groups is 1. The molecule has 0 heterocycles. The molecular weight excluding hydrogens is 279 g/mol. The highest BCUT2D eigenvalue weighted by Crippen LogP contribution is 2.29. The van der Waals surface area contributed by atoms with E-state index in [1.165, 1.54) is 12.1 Å². The summed E-state index contributed by atoms with van der Waals surface area (Å²) in [6.45, 7) is 0. The quantitative estimate of drug-likeness (QED) is 0.866. The smallest absolute Gasteiger partial charge is 0.324 e. The molecule has 1 unspecified atom stereocenters. The first kappa shape index (κ1) is 15.3. The van der Waals surface area contributed by atoms with E-state index in [-0.39, 0.29) is 17.8 Å². The topological polar surface area (TPSA) is 43.1 Å².